The molecule has 0 fully saturated rings. The van der Waals surface area contributed by atoms with Crippen LogP contribution in [0, 0.1) is 6.92 Å². The predicted octanol–water partition coefficient (Wildman–Crippen LogP) is 2.39. The van der Waals surface area contributed by atoms with Crippen molar-refractivity contribution in [3.8, 4) is 0 Å². The van der Waals surface area contributed by atoms with E-state index in [2.05, 4.69) is 10.4 Å². The van der Waals surface area contributed by atoms with Gasteiger partial charge in [0, 0.05) is 31.5 Å². The highest BCUT2D eigenvalue weighted by Gasteiger charge is 2.10. The Hall–Kier alpha value is -2.30. The molecule has 100 valence electrons. The number of carbonyl (C=O) groups is 1. The maximum absolute atomic E-state index is 12.0. The van der Waals surface area contributed by atoms with Gasteiger partial charge in [-0.3, -0.25) is 4.68 Å². The number of benzene rings is 1. The number of hydrogen-bond acceptors (Lipinski definition) is 2. The molecule has 2 aromatic rings. The van der Waals surface area contributed by atoms with E-state index < -0.39 is 0 Å². The van der Waals surface area contributed by atoms with E-state index >= 15 is 0 Å². The van der Waals surface area contributed by atoms with Gasteiger partial charge in [0.05, 0.1) is 12.7 Å². The second-order valence-corrected chi connectivity index (χ2v) is 4.67. The number of rotatable bonds is 3. The fourth-order valence-electron chi connectivity index (χ4n) is 1.75. The largest absolute Gasteiger partial charge is 0.323 e. The van der Waals surface area contributed by atoms with E-state index in [1.807, 2.05) is 44.4 Å². The predicted molar refractivity (Wildman–Crippen MR) is 74.9 cm³/mol. The molecule has 0 saturated heterocycles. The minimum absolute atomic E-state index is 0.132. The van der Waals surface area contributed by atoms with Crippen LogP contribution in [0.2, 0.25) is 0 Å². The summed E-state index contributed by atoms with van der Waals surface area (Å²) in [7, 11) is 3.62. The monoisotopic (exact) mass is 258 g/mol. The highest BCUT2D eigenvalue weighted by atomic mass is 16.2. The highest BCUT2D eigenvalue weighted by molar-refractivity contribution is 5.89. The van der Waals surface area contributed by atoms with E-state index in [0.29, 0.717) is 6.54 Å². The van der Waals surface area contributed by atoms with Gasteiger partial charge in [-0.25, -0.2) is 4.79 Å². The Labute approximate surface area is 112 Å². The first-order valence-electron chi connectivity index (χ1n) is 6.11. The van der Waals surface area contributed by atoms with Gasteiger partial charge in [-0.1, -0.05) is 17.7 Å². The van der Waals surface area contributed by atoms with Crippen molar-refractivity contribution in [3.63, 3.8) is 0 Å². The second-order valence-electron chi connectivity index (χ2n) is 4.67. The number of hydrogen-bond donors (Lipinski definition) is 1. The molecule has 0 aliphatic rings. The van der Waals surface area contributed by atoms with Crippen LogP contribution in [0.15, 0.2) is 36.7 Å². The normalized spacial score (nSPS) is 10.3. The molecule has 1 N–H and O–H groups in total. The summed E-state index contributed by atoms with van der Waals surface area (Å²) in [5.41, 5.74) is 2.97. The number of aryl methyl sites for hydroxylation is 2. The van der Waals surface area contributed by atoms with Crippen LogP contribution in [-0.4, -0.2) is 27.8 Å². The summed E-state index contributed by atoms with van der Waals surface area (Å²) in [5.74, 6) is 0. The fraction of sp³-hybridized carbons (Fsp3) is 0.286. The molecule has 5 nitrogen and oxygen atoms in total. The molecule has 0 atom stereocenters. The maximum Gasteiger partial charge on any atom is 0.321 e. The van der Waals surface area contributed by atoms with Crippen molar-refractivity contribution in [2.45, 2.75) is 13.5 Å². The zero-order valence-corrected chi connectivity index (χ0v) is 11.4. The summed E-state index contributed by atoms with van der Waals surface area (Å²) in [6.07, 6.45) is 3.66. The van der Waals surface area contributed by atoms with Crippen molar-refractivity contribution in [1.82, 2.24) is 14.7 Å². The van der Waals surface area contributed by atoms with Gasteiger partial charge in [0.15, 0.2) is 0 Å². The Balaban J connectivity index is 1.94. The summed E-state index contributed by atoms with van der Waals surface area (Å²) in [4.78, 5) is 13.6. The molecular weight excluding hydrogens is 240 g/mol. The second kappa shape index (κ2) is 5.56. The number of carbonyl (C=O) groups excluding carboxylic acids is 1. The Morgan fingerprint density at radius 1 is 1.37 bits per heavy atom. The number of nitrogens with one attached hydrogen (secondary N) is 1. The van der Waals surface area contributed by atoms with Crippen molar-refractivity contribution in [1.29, 1.82) is 0 Å². The fourth-order valence-corrected chi connectivity index (χ4v) is 1.75. The van der Waals surface area contributed by atoms with Gasteiger partial charge in [-0.15, -0.1) is 0 Å². The van der Waals surface area contributed by atoms with Crippen molar-refractivity contribution in [3.05, 3.63) is 47.8 Å². The lowest BCUT2D eigenvalue weighted by molar-refractivity contribution is 0.220. The van der Waals surface area contributed by atoms with E-state index in [9.17, 15) is 4.79 Å². The third-order valence-corrected chi connectivity index (χ3v) is 2.83. The Morgan fingerprint density at radius 3 is 2.63 bits per heavy atom. The van der Waals surface area contributed by atoms with Crippen molar-refractivity contribution >= 4 is 11.7 Å². The van der Waals surface area contributed by atoms with Gasteiger partial charge in [-0.05, 0) is 19.1 Å². The topological polar surface area (TPSA) is 50.2 Å². The van der Waals surface area contributed by atoms with Crippen LogP contribution in [0.3, 0.4) is 0 Å². The molecule has 5 heteroatoms. The van der Waals surface area contributed by atoms with Crippen molar-refractivity contribution in [2.75, 3.05) is 12.4 Å². The molecule has 0 aliphatic carbocycles. The first-order valence-corrected chi connectivity index (χ1v) is 6.11. The average molecular weight is 258 g/mol. The molecule has 0 unspecified atom stereocenters. The molecule has 2 rings (SSSR count). The molecule has 0 spiro atoms. The smallest absolute Gasteiger partial charge is 0.321 e. The standard InChI is InChI=1S/C14H18N4O/c1-11-4-6-13(7-5-11)16-14(19)17(2)9-12-8-15-18(3)10-12/h4-8,10H,9H2,1-3H3,(H,16,19). The zero-order chi connectivity index (χ0) is 13.8. The highest BCUT2D eigenvalue weighted by Crippen LogP contribution is 2.10. The minimum Gasteiger partial charge on any atom is -0.323 e. The number of amides is 2. The van der Waals surface area contributed by atoms with Gasteiger partial charge in [0.1, 0.15) is 0 Å². The number of anilines is 1. The Bertz CT molecular complexity index is 559. The van der Waals surface area contributed by atoms with Crippen LogP contribution in [0.1, 0.15) is 11.1 Å². The van der Waals surface area contributed by atoms with Gasteiger partial charge in [0.2, 0.25) is 0 Å². The average Bonchev–Trinajstić information content (AvgIpc) is 2.77. The summed E-state index contributed by atoms with van der Waals surface area (Å²) in [5, 5.41) is 6.94. The Morgan fingerprint density at radius 2 is 2.05 bits per heavy atom. The summed E-state index contributed by atoms with van der Waals surface area (Å²) >= 11 is 0. The molecule has 0 radical (unpaired) electrons. The van der Waals surface area contributed by atoms with Gasteiger partial charge in [0.25, 0.3) is 0 Å². The molecular formula is C14H18N4O. The molecule has 2 amide bonds. The van der Waals surface area contributed by atoms with E-state index in [0.717, 1.165) is 11.3 Å². The number of nitrogens with zero attached hydrogens (tertiary/aromatic N) is 3. The van der Waals surface area contributed by atoms with Gasteiger partial charge >= 0.3 is 6.03 Å². The number of aromatic nitrogens is 2. The molecule has 0 bridgehead atoms. The molecule has 19 heavy (non-hydrogen) atoms. The third-order valence-electron chi connectivity index (χ3n) is 2.83. The van der Waals surface area contributed by atoms with Crippen molar-refractivity contribution < 1.29 is 4.79 Å². The lowest BCUT2D eigenvalue weighted by atomic mass is 10.2. The first-order chi connectivity index (χ1) is 9.04. The SMILES string of the molecule is Cc1ccc(NC(=O)N(C)Cc2cnn(C)c2)cc1. The van der Waals surface area contributed by atoms with Crippen LogP contribution in [0.5, 0.6) is 0 Å². The van der Waals surface area contributed by atoms with Gasteiger partial charge < -0.3 is 10.2 Å². The molecule has 1 aromatic carbocycles. The maximum atomic E-state index is 12.0. The molecule has 1 heterocycles. The number of urea groups is 1. The van der Waals surface area contributed by atoms with Crippen molar-refractivity contribution in [2.24, 2.45) is 7.05 Å². The lowest BCUT2D eigenvalue weighted by Crippen LogP contribution is -2.30. The van der Waals surface area contributed by atoms with E-state index in [4.69, 9.17) is 0 Å². The zero-order valence-electron chi connectivity index (χ0n) is 11.4. The van der Waals surface area contributed by atoms with Crippen LogP contribution >= 0.6 is 0 Å². The summed E-state index contributed by atoms with van der Waals surface area (Å²) in [6.45, 7) is 2.55. The third kappa shape index (κ3) is 3.58. The van der Waals surface area contributed by atoms with Crippen LogP contribution in [0.4, 0.5) is 10.5 Å². The lowest BCUT2D eigenvalue weighted by Gasteiger charge is -2.17. The van der Waals surface area contributed by atoms with Crippen LogP contribution in [0.25, 0.3) is 0 Å². The summed E-state index contributed by atoms with van der Waals surface area (Å²) < 4.78 is 1.72. The first kappa shape index (κ1) is 13.1. The quantitative estimate of drug-likeness (QED) is 0.919. The van der Waals surface area contributed by atoms with Crippen LogP contribution < -0.4 is 5.32 Å². The minimum atomic E-state index is -0.132. The van der Waals surface area contributed by atoms with E-state index in [-0.39, 0.29) is 6.03 Å². The Kier molecular flexibility index (Phi) is 3.85. The molecule has 0 saturated carbocycles. The van der Waals surface area contributed by atoms with E-state index in [1.54, 1.807) is 22.8 Å². The van der Waals surface area contributed by atoms with Gasteiger partial charge in [-0.2, -0.15) is 5.10 Å². The molecule has 0 aliphatic heterocycles. The molecule has 1 aromatic heterocycles. The van der Waals surface area contributed by atoms with Crippen LogP contribution in [-0.2, 0) is 13.6 Å². The summed E-state index contributed by atoms with van der Waals surface area (Å²) in [6, 6.07) is 7.59. The van der Waals surface area contributed by atoms with E-state index in [1.165, 1.54) is 5.56 Å².